The van der Waals surface area contributed by atoms with E-state index in [0.29, 0.717) is 18.0 Å². The second-order valence-electron chi connectivity index (χ2n) is 3.48. The van der Waals surface area contributed by atoms with E-state index >= 15 is 0 Å². The molecular weight excluding hydrogens is 231 g/mol. The Balaban J connectivity index is 4.91. The topological polar surface area (TPSA) is 50.4 Å². The Labute approximate surface area is 99.3 Å². The van der Waals surface area contributed by atoms with E-state index in [1.807, 2.05) is 0 Å². The maximum atomic E-state index is 12.4. The lowest BCUT2D eigenvalue weighted by Gasteiger charge is -2.08. The van der Waals surface area contributed by atoms with E-state index in [1.54, 1.807) is 14.0 Å². The van der Waals surface area contributed by atoms with Crippen LogP contribution in [0.2, 0.25) is 0 Å². The zero-order valence-electron chi connectivity index (χ0n) is 10.2. The van der Waals surface area contributed by atoms with Gasteiger partial charge in [0.1, 0.15) is 0 Å². The van der Waals surface area contributed by atoms with E-state index in [9.17, 15) is 13.2 Å². The highest BCUT2D eigenvalue weighted by atomic mass is 19.4. The Hall–Kier alpha value is -1.46. The summed E-state index contributed by atoms with van der Waals surface area (Å²) in [7, 11) is 1.67. The fourth-order valence-corrected chi connectivity index (χ4v) is 1.13. The number of hydrogen-bond donors (Lipinski definition) is 2. The molecule has 0 saturated heterocycles. The third kappa shape index (κ3) is 6.65. The first-order valence-corrected chi connectivity index (χ1v) is 5.21. The molecule has 0 fully saturated rings. The highest BCUT2D eigenvalue weighted by molar-refractivity contribution is 5.97. The molecule has 0 bridgehead atoms. The van der Waals surface area contributed by atoms with Crippen LogP contribution in [0.5, 0.6) is 0 Å². The lowest BCUT2D eigenvalue weighted by Crippen LogP contribution is -2.13. The molecule has 98 valence electrons. The molecule has 3 nitrogen and oxygen atoms in total. The van der Waals surface area contributed by atoms with Gasteiger partial charge in [0.2, 0.25) is 0 Å². The largest absolute Gasteiger partial charge is 0.412 e. The lowest BCUT2D eigenvalue weighted by molar-refractivity contribution is -0.0912. The zero-order chi connectivity index (χ0) is 13.5. The van der Waals surface area contributed by atoms with Crippen molar-refractivity contribution in [1.82, 2.24) is 5.32 Å². The normalized spacial score (nSPS) is 15.1. The average Bonchev–Trinajstić information content (AvgIpc) is 2.16. The fourth-order valence-electron chi connectivity index (χ4n) is 1.13. The van der Waals surface area contributed by atoms with E-state index in [1.165, 1.54) is 6.20 Å². The Kier molecular flexibility index (Phi) is 6.38. The van der Waals surface area contributed by atoms with Crippen LogP contribution in [0.1, 0.15) is 20.3 Å². The fraction of sp³-hybridized carbons (Fsp3) is 0.545. The molecule has 0 aliphatic carbocycles. The van der Waals surface area contributed by atoms with E-state index in [0.717, 1.165) is 13.0 Å². The first-order valence-electron chi connectivity index (χ1n) is 5.21. The molecule has 0 amide bonds. The highest BCUT2D eigenvalue weighted by Crippen LogP contribution is 2.25. The molecule has 0 heterocycles. The van der Waals surface area contributed by atoms with Crippen LogP contribution in [0.3, 0.4) is 0 Å². The number of aliphatic imine (C=N–C) groups is 1. The van der Waals surface area contributed by atoms with Crippen molar-refractivity contribution >= 4 is 5.71 Å². The first-order chi connectivity index (χ1) is 7.81. The van der Waals surface area contributed by atoms with Crippen molar-refractivity contribution in [2.24, 2.45) is 10.7 Å². The van der Waals surface area contributed by atoms with Crippen LogP contribution in [0, 0.1) is 0 Å². The quantitative estimate of drug-likeness (QED) is 0.735. The van der Waals surface area contributed by atoms with Crippen molar-refractivity contribution in [3.63, 3.8) is 0 Å². The second-order valence-corrected chi connectivity index (χ2v) is 3.48. The predicted octanol–water partition coefficient (Wildman–Crippen LogP) is 2.37. The number of nitrogens with zero attached hydrogens (tertiary/aromatic N) is 1. The third-order valence-corrected chi connectivity index (χ3v) is 1.91. The smallest absolute Gasteiger partial charge is 0.401 e. The van der Waals surface area contributed by atoms with Crippen molar-refractivity contribution in [1.29, 1.82) is 0 Å². The Morgan fingerprint density at radius 2 is 2.00 bits per heavy atom. The molecule has 0 atom stereocenters. The second kappa shape index (κ2) is 6.98. The molecule has 0 aliphatic rings. The Morgan fingerprint density at radius 1 is 1.41 bits per heavy atom. The summed E-state index contributed by atoms with van der Waals surface area (Å²) in [6.07, 6.45) is -1.57. The summed E-state index contributed by atoms with van der Waals surface area (Å²) in [5.74, 6) is 0. The molecule has 0 aliphatic heterocycles. The molecule has 0 aromatic carbocycles. The van der Waals surface area contributed by atoms with Crippen molar-refractivity contribution in [3.05, 3.63) is 23.5 Å². The van der Waals surface area contributed by atoms with Gasteiger partial charge in [-0.05, 0) is 19.9 Å². The first kappa shape index (κ1) is 15.5. The summed E-state index contributed by atoms with van der Waals surface area (Å²) in [6.45, 7) is 3.20. The van der Waals surface area contributed by atoms with Crippen molar-refractivity contribution in [3.8, 4) is 0 Å². The molecule has 0 radical (unpaired) electrons. The monoisotopic (exact) mass is 249 g/mol. The van der Waals surface area contributed by atoms with Gasteiger partial charge in [-0.25, -0.2) is 0 Å². The molecule has 0 unspecified atom stereocenters. The van der Waals surface area contributed by atoms with Crippen molar-refractivity contribution in [2.45, 2.75) is 26.4 Å². The van der Waals surface area contributed by atoms with Gasteiger partial charge in [0.05, 0.1) is 0 Å². The standard InChI is InChI=1S/C11H18F3N3/c1-4-17-10(6-9(15)7-16-3)5-8(2)11(12,13)14/h5,7,16H,4,6,15H2,1-3H3/b8-5+,9-7-,17-10?. The Bertz CT molecular complexity index is 327. The lowest BCUT2D eigenvalue weighted by atomic mass is 10.1. The number of alkyl halides is 3. The van der Waals surface area contributed by atoms with Gasteiger partial charge in [0, 0.05) is 43.2 Å². The van der Waals surface area contributed by atoms with Gasteiger partial charge >= 0.3 is 6.18 Å². The minimum Gasteiger partial charge on any atom is -0.401 e. The molecule has 0 spiro atoms. The van der Waals surface area contributed by atoms with Crippen LogP contribution in [-0.4, -0.2) is 25.5 Å². The number of nitrogens with one attached hydrogen (secondary N) is 1. The van der Waals surface area contributed by atoms with E-state index < -0.39 is 11.7 Å². The summed E-state index contributed by atoms with van der Waals surface area (Å²) in [4.78, 5) is 3.99. The molecule has 0 rings (SSSR count). The summed E-state index contributed by atoms with van der Waals surface area (Å²) in [6, 6.07) is 0. The Morgan fingerprint density at radius 3 is 2.41 bits per heavy atom. The molecule has 6 heteroatoms. The minimum atomic E-state index is -4.32. The van der Waals surface area contributed by atoms with Crippen LogP contribution < -0.4 is 11.1 Å². The number of nitrogens with two attached hydrogens (primary N) is 1. The SMILES string of the molecule is CCN=C(/C=C(\C)C(F)(F)F)C/C(N)=C/NC. The van der Waals surface area contributed by atoms with Gasteiger partial charge in [-0.3, -0.25) is 4.99 Å². The summed E-state index contributed by atoms with van der Waals surface area (Å²) >= 11 is 0. The van der Waals surface area contributed by atoms with Crippen LogP contribution >= 0.6 is 0 Å². The highest BCUT2D eigenvalue weighted by Gasteiger charge is 2.30. The van der Waals surface area contributed by atoms with E-state index in [-0.39, 0.29) is 6.42 Å². The molecule has 3 N–H and O–H groups in total. The number of halogens is 3. The summed E-state index contributed by atoms with van der Waals surface area (Å²) < 4.78 is 37.1. The van der Waals surface area contributed by atoms with Crippen LogP contribution in [0.25, 0.3) is 0 Å². The van der Waals surface area contributed by atoms with Gasteiger partial charge in [0.25, 0.3) is 0 Å². The van der Waals surface area contributed by atoms with Gasteiger partial charge in [-0.1, -0.05) is 0 Å². The molecule has 17 heavy (non-hydrogen) atoms. The summed E-state index contributed by atoms with van der Waals surface area (Å²) in [5, 5.41) is 2.71. The van der Waals surface area contributed by atoms with Gasteiger partial charge in [-0.2, -0.15) is 13.2 Å². The maximum Gasteiger partial charge on any atom is 0.412 e. The van der Waals surface area contributed by atoms with Crippen LogP contribution in [-0.2, 0) is 0 Å². The van der Waals surface area contributed by atoms with Crippen LogP contribution in [0.4, 0.5) is 13.2 Å². The van der Waals surface area contributed by atoms with E-state index in [4.69, 9.17) is 5.73 Å². The number of rotatable bonds is 5. The third-order valence-electron chi connectivity index (χ3n) is 1.91. The molecule has 0 aromatic rings. The zero-order valence-corrected chi connectivity index (χ0v) is 10.2. The van der Waals surface area contributed by atoms with E-state index in [2.05, 4.69) is 10.3 Å². The van der Waals surface area contributed by atoms with Gasteiger partial charge < -0.3 is 11.1 Å². The van der Waals surface area contributed by atoms with Crippen LogP contribution in [0.15, 0.2) is 28.5 Å². The molecule has 0 aromatic heterocycles. The number of allylic oxidation sites excluding steroid dienone is 3. The van der Waals surface area contributed by atoms with Gasteiger partial charge in [-0.15, -0.1) is 0 Å². The minimum absolute atomic E-state index is 0.197. The van der Waals surface area contributed by atoms with Crippen molar-refractivity contribution in [2.75, 3.05) is 13.6 Å². The summed E-state index contributed by atoms with van der Waals surface area (Å²) in [5.41, 5.74) is 5.69. The predicted molar refractivity (Wildman–Crippen MR) is 63.7 cm³/mol. The van der Waals surface area contributed by atoms with Crippen molar-refractivity contribution < 1.29 is 13.2 Å². The van der Waals surface area contributed by atoms with Gasteiger partial charge in [0.15, 0.2) is 0 Å². The number of hydrogen-bond acceptors (Lipinski definition) is 3. The molecular formula is C11H18F3N3. The maximum absolute atomic E-state index is 12.4. The average molecular weight is 249 g/mol. The molecule has 0 saturated carbocycles.